The molecule has 1 N–H and O–H groups in total. The van der Waals surface area contributed by atoms with Crippen molar-refractivity contribution in [3.63, 3.8) is 0 Å². The van der Waals surface area contributed by atoms with E-state index in [2.05, 4.69) is 22.2 Å². The number of nitrogens with one attached hydrogen (secondary N) is 1. The van der Waals surface area contributed by atoms with E-state index in [1.807, 2.05) is 6.92 Å². The minimum atomic E-state index is 0.313. The lowest BCUT2D eigenvalue weighted by molar-refractivity contribution is 0.439. The Labute approximate surface area is 102 Å². The maximum atomic E-state index is 5.78. The van der Waals surface area contributed by atoms with E-state index in [-0.39, 0.29) is 0 Å². The summed E-state index contributed by atoms with van der Waals surface area (Å²) in [4.78, 5) is 8.15. The van der Waals surface area contributed by atoms with Crippen molar-refractivity contribution in [2.75, 3.05) is 11.9 Å². The Morgan fingerprint density at radius 3 is 3.00 bits per heavy atom. The molecule has 0 spiro atoms. The first kappa shape index (κ1) is 11.6. The molecule has 0 bridgehead atoms. The van der Waals surface area contributed by atoms with Gasteiger partial charge in [-0.1, -0.05) is 19.8 Å². The standard InChI is InChI=1S/C12H18ClN3/c1-8-4-3-5-10(8)7-14-11-9(2)6-15-12(13)16-11/h6,8,10H,3-5,7H2,1-2H3,(H,14,15,16). The Bertz CT molecular complexity index is 367. The van der Waals surface area contributed by atoms with Crippen LogP contribution >= 0.6 is 11.6 Å². The number of hydrogen-bond acceptors (Lipinski definition) is 3. The molecule has 2 rings (SSSR count). The molecule has 0 aromatic carbocycles. The molecule has 1 aromatic rings. The van der Waals surface area contributed by atoms with Crippen LogP contribution in [-0.2, 0) is 0 Å². The van der Waals surface area contributed by atoms with E-state index in [0.717, 1.165) is 29.8 Å². The molecule has 1 aliphatic rings. The van der Waals surface area contributed by atoms with Crippen molar-refractivity contribution in [1.29, 1.82) is 0 Å². The maximum Gasteiger partial charge on any atom is 0.224 e. The number of rotatable bonds is 3. The van der Waals surface area contributed by atoms with E-state index in [4.69, 9.17) is 11.6 Å². The molecule has 0 amide bonds. The van der Waals surface area contributed by atoms with E-state index in [1.54, 1.807) is 6.20 Å². The third-order valence-electron chi connectivity index (χ3n) is 3.51. The van der Waals surface area contributed by atoms with Crippen LogP contribution in [0.1, 0.15) is 31.7 Å². The van der Waals surface area contributed by atoms with Gasteiger partial charge < -0.3 is 5.32 Å². The summed E-state index contributed by atoms with van der Waals surface area (Å²) in [6.07, 6.45) is 5.80. The summed E-state index contributed by atoms with van der Waals surface area (Å²) < 4.78 is 0. The Balaban J connectivity index is 1.96. The Hall–Kier alpha value is -0.830. The van der Waals surface area contributed by atoms with Crippen LogP contribution in [0, 0.1) is 18.8 Å². The predicted molar refractivity (Wildman–Crippen MR) is 66.8 cm³/mol. The van der Waals surface area contributed by atoms with Crippen molar-refractivity contribution in [2.24, 2.45) is 11.8 Å². The van der Waals surface area contributed by atoms with E-state index < -0.39 is 0 Å². The average molecular weight is 240 g/mol. The maximum absolute atomic E-state index is 5.78. The lowest BCUT2D eigenvalue weighted by Crippen LogP contribution is -2.17. The number of hydrogen-bond donors (Lipinski definition) is 1. The van der Waals surface area contributed by atoms with Crippen LogP contribution in [0.2, 0.25) is 5.28 Å². The van der Waals surface area contributed by atoms with Crippen LogP contribution in [0.25, 0.3) is 0 Å². The first-order valence-electron chi connectivity index (χ1n) is 5.90. The van der Waals surface area contributed by atoms with E-state index >= 15 is 0 Å². The van der Waals surface area contributed by atoms with Gasteiger partial charge in [-0.3, -0.25) is 0 Å². The molecule has 88 valence electrons. The molecular weight excluding hydrogens is 222 g/mol. The molecule has 0 radical (unpaired) electrons. The molecule has 4 heteroatoms. The molecule has 0 saturated heterocycles. The fourth-order valence-corrected chi connectivity index (χ4v) is 2.49. The molecule has 16 heavy (non-hydrogen) atoms. The van der Waals surface area contributed by atoms with Crippen LogP contribution in [0.4, 0.5) is 5.82 Å². The van der Waals surface area contributed by atoms with Gasteiger partial charge >= 0.3 is 0 Å². The molecule has 1 fully saturated rings. The first-order valence-corrected chi connectivity index (χ1v) is 6.27. The highest BCUT2D eigenvalue weighted by Gasteiger charge is 2.23. The fourth-order valence-electron chi connectivity index (χ4n) is 2.35. The van der Waals surface area contributed by atoms with Crippen molar-refractivity contribution in [3.05, 3.63) is 17.0 Å². The number of halogens is 1. The van der Waals surface area contributed by atoms with Gasteiger partial charge in [-0.05, 0) is 36.8 Å². The van der Waals surface area contributed by atoms with E-state index in [9.17, 15) is 0 Å². The molecule has 2 atom stereocenters. The molecule has 1 saturated carbocycles. The summed E-state index contributed by atoms with van der Waals surface area (Å²) in [6.45, 7) is 5.32. The first-order chi connectivity index (χ1) is 7.66. The smallest absolute Gasteiger partial charge is 0.224 e. The topological polar surface area (TPSA) is 37.8 Å². The van der Waals surface area contributed by atoms with Gasteiger partial charge in [-0.25, -0.2) is 9.97 Å². The third kappa shape index (κ3) is 2.64. The lowest BCUT2D eigenvalue weighted by atomic mass is 9.98. The molecule has 3 nitrogen and oxygen atoms in total. The van der Waals surface area contributed by atoms with Crippen molar-refractivity contribution >= 4 is 17.4 Å². The van der Waals surface area contributed by atoms with Gasteiger partial charge in [0.25, 0.3) is 0 Å². The Morgan fingerprint density at radius 2 is 2.31 bits per heavy atom. The second-order valence-corrected chi connectivity index (χ2v) is 5.06. The van der Waals surface area contributed by atoms with Crippen molar-refractivity contribution < 1.29 is 0 Å². The Kier molecular flexibility index (Phi) is 3.64. The number of anilines is 1. The Morgan fingerprint density at radius 1 is 1.50 bits per heavy atom. The minimum Gasteiger partial charge on any atom is -0.369 e. The third-order valence-corrected chi connectivity index (χ3v) is 3.70. The fraction of sp³-hybridized carbons (Fsp3) is 0.667. The summed E-state index contributed by atoms with van der Waals surface area (Å²) in [5.41, 5.74) is 1.05. The van der Waals surface area contributed by atoms with Gasteiger partial charge in [0, 0.05) is 18.3 Å². The summed E-state index contributed by atoms with van der Waals surface area (Å²) in [5, 5.41) is 3.70. The van der Waals surface area contributed by atoms with Crippen LogP contribution in [0.5, 0.6) is 0 Å². The monoisotopic (exact) mass is 239 g/mol. The van der Waals surface area contributed by atoms with Gasteiger partial charge in [0.1, 0.15) is 5.82 Å². The van der Waals surface area contributed by atoms with Gasteiger partial charge in [0.05, 0.1) is 0 Å². The second kappa shape index (κ2) is 5.00. The number of aryl methyl sites for hydroxylation is 1. The summed E-state index contributed by atoms with van der Waals surface area (Å²) in [6, 6.07) is 0. The molecule has 1 aliphatic carbocycles. The number of nitrogens with zero attached hydrogens (tertiary/aromatic N) is 2. The zero-order valence-corrected chi connectivity index (χ0v) is 10.6. The van der Waals surface area contributed by atoms with Crippen molar-refractivity contribution in [2.45, 2.75) is 33.1 Å². The quantitative estimate of drug-likeness (QED) is 0.823. The van der Waals surface area contributed by atoms with Gasteiger partial charge in [-0.15, -0.1) is 0 Å². The lowest BCUT2D eigenvalue weighted by Gasteiger charge is -2.17. The minimum absolute atomic E-state index is 0.313. The highest BCUT2D eigenvalue weighted by atomic mass is 35.5. The van der Waals surface area contributed by atoms with Crippen molar-refractivity contribution in [3.8, 4) is 0 Å². The second-order valence-electron chi connectivity index (χ2n) is 4.72. The molecule has 1 heterocycles. The highest BCUT2D eigenvalue weighted by Crippen LogP contribution is 2.31. The van der Waals surface area contributed by atoms with Crippen LogP contribution < -0.4 is 5.32 Å². The van der Waals surface area contributed by atoms with Gasteiger partial charge in [-0.2, -0.15) is 0 Å². The van der Waals surface area contributed by atoms with Gasteiger partial charge in [0.15, 0.2) is 0 Å². The molecule has 1 aromatic heterocycles. The molecule has 0 aliphatic heterocycles. The summed E-state index contributed by atoms with van der Waals surface area (Å²) >= 11 is 5.78. The van der Waals surface area contributed by atoms with Crippen molar-refractivity contribution in [1.82, 2.24) is 9.97 Å². The summed E-state index contributed by atoms with van der Waals surface area (Å²) in [7, 11) is 0. The molecular formula is C12H18ClN3. The highest BCUT2D eigenvalue weighted by molar-refractivity contribution is 6.28. The number of aromatic nitrogens is 2. The average Bonchev–Trinajstić information content (AvgIpc) is 2.66. The summed E-state index contributed by atoms with van der Waals surface area (Å²) in [5.74, 6) is 2.47. The van der Waals surface area contributed by atoms with Crippen LogP contribution in [-0.4, -0.2) is 16.5 Å². The predicted octanol–water partition coefficient (Wildman–Crippen LogP) is 3.29. The van der Waals surface area contributed by atoms with Crippen LogP contribution in [0.15, 0.2) is 6.20 Å². The molecule has 2 unspecified atom stereocenters. The van der Waals surface area contributed by atoms with Crippen LogP contribution in [0.3, 0.4) is 0 Å². The largest absolute Gasteiger partial charge is 0.369 e. The zero-order chi connectivity index (χ0) is 11.5. The normalized spacial score (nSPS) is 24.7. The van der Waals surface area contributed by atoms with E-state index in [0.29, 0.717) is 5.28 Å². The van der Waals surface area contributed by atoms with Gasteiger partial charge in [0.2, 0.25) is 5.28 Å². The SMILES string of the molecule is Cc1cnc(Cl)nc1NCC1CCCC1C. The zero-order valence-electron chi connectivity index (χ0n) is 9.83. The van der Waals surface area contributed by atoms with E-state index in [1.165, 1.54) is 19.3 Å².